The summed E-state index contributed by atoms with van der Waals surface area (Å²) >= 11 is 0. The first kappa shape index (κ1) is 16.5. The van der Waals surface area contributed by atoms with Gasteiger partial charge in [0.15, 0.2) is 0 Å². The minimum atomic E-state index is -1.59. The molecule has 3 heteroatoms. The molecule has 2 rings (SSSR count). The Balaban J connectivity index is 2.41. The number of hydrogen-bond donors (Lipinski definition) is 0. The van der Waals surface area contributed by atoms with Crippen molar-refractivity contribution in [2.24, 2.45) is 17.3 Å². The van der Waals surface area contributed by atoms with Crippen molar-refractivity contribution < 1.29 is 9.22 Å². The third-order valence-corrected chi connectivity index (χ3v) is 6.19. The standard InChI is InChI=1S/C18H30O2Si/c1-7-14-9-10-17(19)18(14)12-11-16(20-21(4,5)6)13(3)15(18)8-2/h7,14-15H,1,8-12H2,2-6H3/t14-,15?,18?/m1/s1. The normalized spacial score (nSPS) is 33.7. The number of allylic oxidation sites excluding steroid dienone is 3. The predicted molar refractivity (Wildman–Crippen MR) is 90.5 cm³/mol. The molecule has 21 heavy (non-hydrogen) atoms. The van der Waals surface area contributed by atoms with E-state index in [-0.39, 0.29) is 5.41 Å². The van der Waals surface area contributed by atoms with E-state index in [9.17, 15) is 4.79 Å². The summed E-state index contributed by atoms with van der Waals surface area (Å²) in [6, 6.07) is 0. The summed E-state index contributed by atoms with van der Waals surface area (Å²) in [5.74, 6) is 2.31. The molecular formula is C18H30O2Si. The highest BCUT2D eigenvalue weighted by Crippen LogP contribution is 2.57. The van der Waals surface area contributed by atoms with Crippen LogP contribution in [0.1, 0.15) is 46.0 Å². The van der Waals surface area contributed by atoms with Crippen LogP contribution < -0.4 is 0 Å². The Hall–Kier alpha value is -0.833. The second-order valence-electron chi connectivity index (χ2n) is 7.63. The van der Waals surface area contributed by atoms with Gasteiger partial charge in [-0.1, -0.05) is 13.0 Å². The molecule has 0 heterocycles. The molecule has 1 fully saturated rings. The number of ketones is 1. The van der Waals surface area contributed by atoms with Crippen LogP contribution in [0.3, 0.4) is 0 Å². The molecule has 118 valence electrons. The molecule has 0 amide bonds. The average Bonchev–Trinajstić information content (AvgIpc) is 2.70. The quantitative estimate of drug-likeness (QED) is 0.534. The Kier molecular flexibility index (Phi) is 4.53. The Morgan fingerprint density at radius 1 is 1.38 bits per heavy atom. The fraction of sp³-hybridized carbons (Fsp3) is 0.722. The predicted octanol–water partition coefficient (Wildman–Crippen LogP) is 5.08. The van der Waals surface area contributed by atoms with Gasteiger partial charge in [-0.15, -0.1) is 6.58 Å². The molecule has 3 atom stereocenters. The Labute approximate surface area is 130 Å². The number of carbonyl (C=O) groups is 1. The Morgan fingerprint density at radius 2 is 2.05 bits per heavy atom. The van der Waals surface area contributed by atoms with Gasteiger partial charge in [0.05, 0.1) is 5.76 Å². The van der Waals surface area contributed by atoms with Crippen molar-refractivity contribution in [3.63, 3.8) is 0 Å². The fourth-order valence-electron chi connectivity index (χ4n) is 4.53. The molecule has 2 aliphatic carbocycles. The maximum Gasteiger partial charge on any atom is 0.241 e. The van der Waals surface area contributed by atoms with Gasteiger partial charge in [-0.2, -0.15) is 0 Å². The highest BCUT2D eigenvalue weighted by molar-refractivity contribution is 6.70. The summed E-state index contributed by atoms with van der Waals surface area (Å²) < 4.78 is 6.31. The number of carbonyl (C=O) groups excluding carboxylic acids is 1. The molecule has 0 aromatic heterocycles. The van der Waals surface area contributed by atoms with E-state index in [1.165, 1.54) is 11.3 Å². The second-order valence-corrected chi connectivity index (χ2v) is 12.1. The zero-order valence-corrected chi connectivity index (χ0v) is 15.3. The van der Waals surface area contributed by atoms with Crippen molar-refractivity contribution in [3.05, 3.63) is 24.0 Å². The van der Waals surface area contributed by atoms with Gasteiger partial charge in [-0.25, -0.2) is 0 Å². The van der Waals surface area contributed by atoms with Crippen LogP contribution in [0.2, 0.25) is 19.6 Å². The summed E-state index contributed by atoms with van der Waals surface area (Å²) in [6.45, 7) is 15.1. The summed E-state index contributed by atoms with van der Waals surface area (Å²) in [5, 5.41) is 0. The van der Waals surface area contributed by atoms with Crippen molar-refractivity contribution in [1.29, 1.82) is 0 Å². The van der Waals surface area contributed by atoms with Gasteiger partial charge < -0.3 is 4.43 Å². The molecule has 2 nitrogen and oxygen atoms in total. The Morgan fingerprint density at radius 3 is 2.57 bits per heavy atom. The van der Waals surface area contributed by atoms with Crippen LogP contribution in [0.25, 0.3) is 0 Å². The molecule has 0 aromatic carbocycles. The zero-order valence-electron chi connectivity index (χ0n) is 14.3. The van der Waals surface area contributed by atoms with Crippen LogP contribution in [0.5, 0.6) is 0 Å². The van der Waals surface area contributed by atoms with Gasteiger partial charge in [-0.3, -0.25) is 4.79 Å². The molecule has 0 aliphatic heterocycles. The molecular weight excluding hydrogens is 276 g/mol. The zero-order chi connectivity index (χ0) is 15.8. The van der Waals surface area contributed by atoms with Crippen molar-refractivity contribution >= 4 is 14.1 Å². The van der Waals surface area contributed by atoms with E-state index in [0.29, 0.717) is 17.6 Å². The van der Waals surface area contributed by atoms with Crippen LogP contribution >= 0.6 is 0 Å². The van der Waals surface area contributed by atoms with Gasteiger partial charge in [0.1, 0.15) is 5.78 Å². The third-order valence-electron chi connectivity index (χ3n) is 5.34. The van der Waals surface area contributed by atoms with E-state index >= 15 is 0 Å². The van der Waals surface area contributed by atoms with Crippen LogP contribution in [0, 0.1) is 17.3 Å². The second kappa shape index (κ2) is 5.75. The lowest BCUT2D eigenvalue weighted by molar-refractivity contribution is -0.130. The van der Waals surface area contributed by atoms with Gasteiger partial charge in [0.2, 0.25) is 8.32 Å². The van der Waals surface area contributed by atoms with Gasteiger partial charge >= 0.3 is 0 Å². The first-order chi connectivity index (χ1) is 9.76. The Bertz CT molecular complexity index is 472. The fourth-order valence-corrected chi connectivity index (χ4v) is 5.54. The molecule has 0 aromatic rings. The third kappa shape index (κ3) is 2.77. The van der Waals surface area contributed by atoms with Crippen molar-refractivity contribution in [1.82, 2.24) is 0 Å². The highest BCUT2D eigenvalue weighted by atomic mass is 28.4. The van der Waals surface area contributed by atoms with Crippen LogP contribution in [0.15, 0.2) is 24.0 Å². The molecule has 0 bridgehead atoms. The van der Waals surface area contributed by atoms with E-state index in [2.05, 4.69) is 40.1 Å². The first-order valence-electron chi connectivity index (χ1n) is 8.30. The smallest absolute Gasteiger partial charge is 0.241 e. The largest absolute Gasteiger partial charge is 0.547 e. The van der Waals surface area contributed by atoms with E-state index in [1.807, 2.05) is 6.08 Å². The summed E-state index contributed by atoms with van der Waals surface area (Å²) in [4.78, 5) is 12.7. The number of hydrogen-bond acceptors (Lipinski definition) is 2. The van der Waals surface area contributed by atoms with Gasteiger partial charge in [-0.05, 0) is 63.2 Å². The monoisotopic (exact) mass is 306 g/mol. The lowest BCUT2D eigenvalue weighted by atomic mass is 9.59. The lowest BCUT2D eigenvalue weighted by Crippen LogP contribution is -2.43. The summed E-state index contributed by atoms with van der Waals surface area (Å²) in [6.07, 6.45) is 6.62. The highest BCUT2D eigenvalue weighted by Gasteiger charge is 2.55. The lowest BCUT2D eigenvalue weighted by Gasteiger charge is -2.45. The van der Waals surface area contributed by atoms with E-state index in [4.69, 9.17) is 4.43 Å². The van der Waals surface area contributed by atoms with Crippen molar-refractivity contribution in [2.45, 2.75) is 65.6 Å². The topological polar surface area (TPSA) is 26.3 Å². The van der Waals surface area contributed by atoms with Gasteiger partial charge in [0.25, 0.3) is 0 Å². The van der Waals surface area contributed by atoms with Crippen molar-refractivity contribution in [3.8, 4) is 0 Å². The maximum absolute atomic E-state index is 12.7. The van der Waals surface area contributed by atoms with Crippen LogP contribution in [-0.4, -0.2) is 14.1 Å². The molecule has 2 aliphatic rings. The van der Waals surface area contributed by atoms with E-state index < -0.39 is 8.32 Å². The average molecular weight is 307 g/mol. The summed E-state index contributed by atoms with van der Waals surface area (Å²) in [7, 11) is -1.59. The maximum atomic E-state index is 12.7. The first-order valence-corrected chi connectivity index (χ1v) is 11.7. The number of rotatable bonds is 4. The molecule has 0 saturated heterocycles. The van der Waals surface area contributed by atoms with Crippen LogP contribution in [0.4, 0.5) is 0 Å². The van der Waals surface area contributed by atoms with E-state index in [1.54, 1.807) is 0 Å². The minimum absolute atomic E-state index is 0.188. The molecule has 2 unspecified atom stereocenters. The van der Waals surface area contributed by atoms with Crippen molar-refractivity contribution in [2.75, 3.05) is 0 Å². The number of Topliss-reactive ketones (excluding diaryl/α,β-unsaturated/α-hetero) is 1. The SMILES string of the molecule is C=C[C@@H]1CCC(=O)C12CCC(O[Si](C)(C)C)=C(C)C2CC. The summed E-state index contributed by atoms with van der Waals surface area (Å²) in [5.41, 5.74) is 1.14. The molecule has 1 saturated carbocycles. The molecule has 0 radical (unpaired) electrons. The molecule has 1 spiro atoms. The van der Waals surface area contributed by atoms with Crippen LogP contribution in [-0.2, 0) is 9.22 Å². The molecule has 0 N–H and O–H groups in total. The van der Waals surface area contributed by atoms with Gasteiger partial charge in [0, 0.05) is 18.3 Å². The minimum Gasteiger partial charge on any atom is -0.547 e. The van der Waals surface area contributed by atoms with E-state index in [0.717, 1.165) is 32.1 Å².